The molecule has 0 saturated heterocycles. The Labute approximate surface area is 139 Å². The molecule has 130 valence electrons. The van der Waals surface area contributed by atoms with Crippen molar-refractivity contribution < 1.29 is 19.5 Å². The highest BCUT2D eigenvalue weighted by molar-refractivity contribution is 5.90. The van der Waals surface area contributed by atoms with Gasteiger partial charge in [-0.2, -0.15) is 0 Å². The zero-order valence-electron chi connectivity index (χ0n) is 14.3. The number of carbonyl (C=O) groups is 3. The predicted molar refractivity (Wildman–Crippen MR) is 90.2 cm³/mol. The average molecular weight is 322 g/mol. The summed E-state index contributed by atoms with van der Waals surface area (Å²) in [6.07, 6.45) is 12.3. The Kier molecular flexibility index (Phi) is 9.49. The van der Waals surface area contributed by atoms with E-state index in [0.29, 0.717) is 25.0 Å². The molecule has 0 spiro atoms. The smallest absolute Gasteiger partial charge is 0.303 e. The highest BCUT2D eigenvalue weighted by Gasteiger charge is 2.32. The number of Topliss-reactive ketones (excluding diaryl/α,β-unsaturated/α-hetero) is 1. The van der Waals surface area contributed by atoms with E-state index in [1.165, 1.54) is 0 Å². The van der Waals surface area contributed by atoms with E-state index in [0.717, 1.165) is 44.9 Å². The Morgan fingerprint density at radius 2 is 1.87 bits per heavy atom. The van der Waals surface area contributed by atoms with Crippen LogP contribution in [0.5, 0.6) is 0 Å². The van der Waals surface area contributed by atoms with Crippen molar-refractivity contribution in [3.8, 4) is 0 Å². The number of carboxylic acid groups (broad SMARTS) is 1. The van der Waals surface area contributed by atoms with Gasteiger partial charge in [0.05, 0.1) is 0 Å². The number of rotatable bonds is 12. The molecule has 0 aromatic carbocycles. The fraction of sp³-hybridized carbons (Fsp3) is 0.737. The summed E-state index contributed by atoms with van der Waals surface area (Å²) in [6, 6.07) is 0. The standard InChI is InChI=1S/C19H30O4/c1-2-3-8-16(20)13-11-15-12-14-18(21)17(15)9-6-4-5-7-10-19(22)23/h11,13,15,17H,2-10,12,14H2,1H3,(H,22,23)/b13-11+. The van der Waals surface area contributed by atoms with Gasteiger partial charge in [0, 0.05) is 25.2 Å². The number of allylic oxidation sites excluding steroid dienone is 2. The van der Waals surface area contributed by atoms with Gasteiger partial charge >= 0.3 is 5.97 Å². The molecule has 0 amide bonds. The number of carbonyl (C=O) groups excluding carboxylic acids is 2. The van der Waals surface area contributed by atoms with Crippen molar-refractivity contribution in [2.45, 2.75) is 77.6 Å². The number of unbranched alkanes of at least 4 members (excludes halogenated alkanes) is 4. The molecule has 23 heavy (non-hydrogen) atoms. The van der Waals surface area contributed by atoms with Crippen molar-refractivity contribution in [1.82, 2.24) is 0 Å². The summed E-state index contributed by atoms with van der Waals surface area (Å²) in [5.74, 6) is 0.0236. The third-order valence-electron chi connectivity index (χ3n) is 4.62. The molecule has 1 N–H and O–H groups in total. The highest BCUT2D eigenvalue weighted by Crippen LogP contribution is 2.33. The van der Waals surface area contributed by atoms with Crippen molar-refractivity contribution in [2.24, 2.45) is 11.8 Å². The molecule has 4 nitrogen and oxygen atoms in total. The van der Waals surface area contributed by atoms with Crippen LogP contribution in [0, 0.1) is 11.8 Å². The van der Waals surface area contributed by atoms with E-state index in [2.05, 4.69) is 6.92 Å². The van der Waals surface area contributed by atoms with E-state index in [4.69, 9.17) is 5.11 Å². The fourth-order valence-corrected chi connectivity index (χ4v) is 3.20. The first-order valence-corrected chi connectivity index (χ1v) is 9.00. The summed E-state index contributed by atoms with van der Waals surface area (Å²) in [7, 11) is 0. The Morgan fingerprint density at radius 3 is 2.57 bits per heavy atom. The quantitative estimate of drug-likeness (QED) is 0.429. The van der Waals surface area contributed by atoms with Crippen LogP contribution in [0.25, 0.3) is 0 Å². The van der Waals surface area contributed by atoms with Crippen LogP contribution >= 0.6 is 0 Å². The summed E-state index contributed by atoms with van der Waals surface area (Å²) in [5.41, 5.74) is 0. The third-order valence-corrected chi connectivity index (χ3v) is 4.62. The van der Waals surface area contributed by atoms with Gasteiger partial charge < -0.3 is 5.11 Å². The van der Waals surface area contributed by atoms with Gasteiger partial charge in [0.2, 0.25) is 0 Å². The second-order valence-electron chi connectivity index (χ2n) is 6.55. The summed E-state index contributed by atoms with van der Waals surface area (Å²) in [4.78, 5) is 34.2. The Balaban J connectivity index is 2.31. The van der Waals surface area contributed by atoms with E-state index in [-0.39, 0.29) is 24.0 Å². The van der Waals surface area contributed by atoms with E-state index in [9.17, 15) is 14.4 Å². The summed E-state index contributed by atoms with van der Waals surface area (Å²) >= 11 is 0. The van der Waals surface area contributed by atoms with Crippen LogP contribution in [0.15, 0.2) is 12.2 Å². The van der Waals surface area contributed by atoms with Gasteiger partial charge in [-0.1, -0.05) is 38.7 Å². The molecule has 1 fully saturated rings. The number of hydrogen-bond donors (Lipinski definition) is 1. The fourth-order valence-electron chi connectivity index (χ4n) is 3.20. The number of hydrogen-bond acceptors (Lipinski definition) is 3. The lowest BCUT2D eigenvalue weighted by atomic mass is 9.89. The van der Waals surface area contributed by atoms with Crippen LogP contribution in [-0.2, 0) is 14.4 Å². The maximum Gasteiger partial charge on any atom is 0.303 e. The Hall–Kier alpha value is -1.45. The summed E-state index contributed by atoms with van der Waals surface area (Å²) in [5, 5.41) is 8.59. The minimum absolute atomic E-state index is 0.0599. The van der Waals surface area contributed by atoms with Crippen molar-refractivity contribution in [3.63, 3.8) is 0 Å². The van der Waals surface area contributed by atoms with Crippen molar-refractivity contribution in [2.75, 3.05) is 0 Å². The van der Waals surface area contributed by atoms with Crippen LogP contribution < -0.4 is 0 Å². The Morgan fingerprint density at radius 1 is 1.13 bits per heavy atom. The van der Waals surface area contributed by atoms with Gasteiger partial charge in [0.15, 0.2) is 5.78 Å². The lowest BCUT2D eigenvalue weighted by Gasteiger charge is -2.14. The van der Waals surface area contributed by atoms with Crippen molar-refractivity contribution >= 4 is 17.5 Å². The number of aliphatic carboxylic acids is 1. The first-order valence-electron chi connectivity index (χ1n) is 9.00. The van der Waals surface area contributed by atoms with Crippen LogP contribution in [0.3, 0.4) is 0 Å². The first-order chi connectivity index (χ1) is 11.0. The molecule has 0 bridgehead atoms. The van der Waals surface area contributed by atoms with E-state index in [1.54, 1.807) is 6.08 Å². The van der Waals surface area contributed by atoms with Gasteiger partial charge in [-0.05, 0) is 37.7 Å². The Bertz CT molecular complexity index is 425. The number of ketones is 2. The molecule has 0 heterocycles. The van der Waals surface area contributed by atoms with Crippen molar-refractivity contribution in [3.05, 3.63) is 12.2 Å². The van der Waals surface area contributed by atoms with Gasteiger partial charge in [-0.3, -0.25) is 14.4 Å². The minimum Gasteiger partial charge on any atom is -0.481 e. The number of carboxylic acids is 1. The van der Waals surface area contributed by atoms with Gasteiger partial charge in [0.25, 0.3) is 0 Å². The zero-order valence-corrected chi connectivity index (χ0v) is 14.3. The predicted octanol–water partition coefficient (Wildman–Crippen LogP) is 4.32. The van der Waals surface area contributed by atoms with E-state index in [1.807, 2.05) is 6.08 Å². The average Bonchev–Trinajstić information content (AvgIpc) is 2.86. The zero-order chi connectivity index (χ0) is 17.1. The summed E-state index contributed by atoms with van der Waals surface area (Å²) < 4.78 is 0. The molecular formula is C19H30O4. The topological polar surface area (TPSA) is 71.4 Å². The second-order valence-corrected chi connectivity index (χ2v) is 6.55. The molecule has 1 rings (SSSR count). The molecule has 1 aliphatic carbocycles. The largest absolute Gasteiger partial charge is 0.481 e. The summed E-state index contributed by atoms with van der Waals surface area (Å²) in [6.45, 7) is 2.07. The van der Waals surface area contributed by atoms with E-state index < -0.39 is 5.97 Å². The third kappa shape index (κ3) is 8.10. The molecule has 0 aromatic heterocycles. The van der Waals surface area contributed by atoms with Gasteiger partial charge in [-0.15, -0.1) is 0 Å². The molecule has 0 aliphatic heterocycles. The SMILES string of the molecule is CCCCC(=O)/C=C/C1CCC(=O)C1CCCCCCC(=O)O. The maximum atomic E-state index is 12.0. The van der Waals surface area contributed by atoms with E-state index >= 15 is 0 Å². The lowest BCUT2D eigenvalue weighted by Crippen LogP contribution is -2.13. The molecule has 1 saturated carbocycles. The molecule has 2 unspecified atom stereocenters. The lowest BCUT2D eigenvalue weighted by molar-refractivity contribution is -0.137. The monoisotopic (exact) mass is 322 g/mol. The van der Waals surface area contributed by atoms with Crippen LogP contribution in [0.4, 0.5) is 0 Å². The normalized spacial score (nSPS) is 21.2. The van der Waals surface area contributed by atoms with Gasteiger partial charge in [0.1, 0.15) is 5.78 Å². The highest BCUT2D eigenvalue weighted by atomic mass is 16.4. The van der Waals surface area contributed by atoms with Crippen LogP contribution in [0.1, 0.15) is 77.6 Å². The molecule has 0 aromatic rings. The molecular weight excluding hydrogens is 292 g/mol. The van der Waals surface area contributed by atoms with Crippen molar-refractivity contribution in [1.29, 1.82) is 0 Å². The molecule has 1 aliphatic rings. The second kappa shape index (κ2) is 11.1. The molecule has 0 radical (unpaired) electrons. The van der Waals surface area contributed by atoms with Crippen LogP contribution in [0.2, 0.25) is 0 Å². The molecule has 4 heteroatoms. The minimum atomic E-state index is -0.742. The van der Waals surface area contributed by atoms with Crippen LogP contribution in [-0.4, -0.2) is 22.6 Å². The molecule has 2 atom stereocenters. The van der Waals surface area contributed by atoms with Gasteiger partial charge in [-0.25, -0.2) is 0 Å². The first kappa shape index (κ1) is 19.6. The maximum absolute atomic E-state index is 12.0.